The van der Waals surface area contributed by atoms with Crippen molar-refractivity contribution in [1.29, 1.82) is 0 Å². The molecular formula is C10H20N2O4S2. The normalized spacial score (nSPS) is 37.1. The summed E-state index contributed by atoms with van der Waals surface area (Å²) in [5.74, 6) is -0.0570. The van der Waals surface area contributed by atoms with Crippen molar-refractivity contribution in [2.45, 2.75) is 31.1 Å². The van der Waals surface area contributed by atoms with Gasteiger partial charge in [-0.2, -0.15) is 4.31 Å². The third-order valence-electron chi connectivity index (χ3n) is 3.88. The lowest BCUT2D eigenvalue weighted by Gasteiger charge is -2.24. The molecule has 0 amide bonds. The molecule has 0 aliphatic carbocycles. The fourth-order valence-corrected chi connectivity index (χ4v) is 7.63. The van der Waals surface area contributed by atoms with Crippen LogP contribution in [0.4, 0.5) is 0 Å². The standard InChI is InChI=1S/C10H20N2O4S2/c1-8-4-9(5-11)6-12(8)18(15,16)10-2-3-17(13,14)7-10/h8-10H,2-7,11H2,1H3. The molecule has 18 heavy (non-hydrogen) atoms. The first-order valence-corrected chi connectivity index (χ1v) is 9.50. The van der Waals surface area contributed by atoms with Crippen molar-refractivity contribution in [3.05, 3.63) is 0 Å². The van der Waals surface area contributed by atoms with Crippen molar-refractivity contribution in [3.63, 3.8) is 0 Å². The maximum Gasteiger partial charge on any atom is 0.218 e. The molecule has 6 nitrogen and oxygen atoms in total. The predicted octanol–water partition coefficient (Wildman–Crippen LogP) is -0.828. The van der Waals surface area contributed by atoms with Crippen LogP contribution in [0.15, 0.2) is 0 Å². The van der Waals surface area contributed by atoms with Gasteiger partial charge in [-0.15, -0.1) is 0 Å². The van der Waals surface area contributed by atoms with E-state index in [2.05, 4.69) is 0 Å². The van der Waals surface area contributed by atoms with Crippen molar-refractivity contribution in [3.8, 4) is 0 Å². The second kappa shape index (κ2) is 4.73. The van der Waals surface area contributed by atoms with Crippen LogP contribution in [0.2, 0.25) is 0 Å². The van der Waals surface area contributed by atoms with Crippen LogP contribution in [0.1, 0.15) is 19.8 Å². The molecule has 0 spiro atoms. The Morgan fingerprint density at radius 1 is 1.39 bits per heavy atom. The highest BCUT2D eigenvalue weighted by Crippen LogP contribution is 2.30. The molecule has 0 radical (unpaired) electrons. The summed E-state index contributed by atoms with van der Waals surface area (Å²) in [5.41, 5.74) is 5.58. The maximum absolute atomic E-state index is 12.4. The van der Waals surface area contributed by atoms with Crippen molar-refractivity contribution >= 4 is 19.9 Å². The lowest BCUT2D eigenvalue weighted by molar-refractivity contribution is 0.398. The zero-order valence-electron chi connectivity index (χ0n) is 10.4. The molecule has 2 aliphatic rings. The second-order valence-corrected chi connectivity index (χ2v) is 9.72. The van der Waals surface area contributed by atoms with Crippen LogP contribution < -0.4 is 5.73 Å². The lowest BCUT2D eigenvalue weighted by atomic mass is 10.1. The molecule has 3 atom stereocenters. The smallest absolute Gasteiger partial charge is 0.218 e. The maximum atomic E-state index is 12.4. The Labute approximate surface area is 108 Å². The highest BCUT2D eigenvalue weighted by molar-refractivity contribution is 7.95. The average molecular weight is 296 g/mol. The van der Waals surface area contributed by atoms with Gasteiger partial charge in [0.15, 0.2) is 9.84 Å². The van der Waals surface area contributed by atoms with E-state index in [1.807, 2.05) is 6.92 Å². The number of sulfone groups is 1. The molecule has 8 heteroatoms. The minimum Gasteiger partial charge on any atom is -0.330 e. The number of nitrogens with zero attached hydrogens (tertiary/aromatic N) is 1. The third kappa shape index (κ3) is 2.56. The summed E-state index contributed by atoms with van der Waals surface area (Å²) in [6.07, 6.45) is 0.983. The van der Waals surface area contributed by atoms with Gasteiger partial charge in [0, 0.05) is 12.6 Å². The fourth-order valence-electron chi connectivity index (χ4n) is 2.82. The molecule has 2 aliphatic heterocycles. The lowest BCUT2D eigenvalue weighted by Crippen LogP contribution is -2.41. The topological polar surface area (TPSA) is 97.5 Å². The molecule has 2 fully saturated rings. The van der Waals surface area contributed by atoms with Gasteiger partial charge in [0.1, 0.15) is 0 Å². The molecule has 0 aromatic carbocycles. The quantitative estimate of drug-likeness (QED) is 0.733. The fraction of sp³-hybridized carbons (Fsp3) is 1.00. The van der Waals surface area contributed by atoms with Gasteiger partial charge >= 0.3 is 0 Å². The van der Waals surface area contributed by atoms with Gasteiger partial charge in [-0.05, 0) is 32.2 Å². The molecule has 3 unspecified atom stereocenters. The number of rotatable bonds is 3. The summed E-state index contributed by atoms with van der Waals surface area (Å²) in [5, 5.41) is -0.763. The number of sulfonamides is 1. The summed E-state index contributed by atoms with van der Waals surface area (Å²) in [7, 11) is -6.68. The van der Waals surface area contributed by atoms with E-state index in [9.17, 15) is 16.8 Å². The van der Waals surface area contributed by atoms with E-state index in [0.717, 1.165) is 6.42 Å². The first kappa shape index (κ1) is 14.2. The predicted molar refractivity (Wildman–Crippen MR) is 69.3 cm³/mol. The molecule has 0 aromatic heterocycles. The van der Waals surface area contributed by atoms with E-state index >= 15 is 0 Å². The highest BCUT2D eigenvalue weighted by atomic mass is 32.2. The molecule has 2 rings (SSSR count). The Bertz CT molecular complexity index is 514. The molecular weight excluding hydrogens is 276 g/mol. The summed E-state index contributed by atoms with van der Waals surface area (Å²) in [6.45, 7) is 2.76. The van der Waals surface area contributed by atoms with Crippen LogP contribution in [0.5, 0.6) is 0 Å². The molecule has 2 saturated heterocycles. The molecule has 106 valence electrons. The average Bonchev–Trinajstić information content (AvgIpc) is 2.82. The minimum absolute atomic E-state index is 0.0144. The van der Waals surface area contributed by atoms with Crippen molar-refractivity contribution in [2.24, 2.45) is 11.7 Å². The van der Waals surface area contributed by atoms with Gasteiger partial charge in [-0.25, -0.2) is 16.8 Å². The van der Waals surface area contributed by atoms with Gasteiger partial charge in [-0.1, -0.05) is 0 Å². The summed E-state index contributed by atoms with van der Waals surface area (Å²) >= 11 is 0. The third-order valence-corrected chi connectivity index (χ3v) is 8.26. The zero-order chi connectivity index (χ0) is 13.6. The Morgan fingerprint density at radius 3 is 2.50 bits per heavy atom. The molecule has 0 aromatic rings. The van der Waals surface area contributed by atoms with Crippen LogP contribution in [0, 0.1) is 5.92 Å². The Kier molecular flexibility index (Phi) is 3.74. The van der Waals surface area contributed by atoms with Crippen molar-refractivity contribution in [2.75, 3.05) is 24.6 Å². The molecule has 0 saturated carbocycles. The number of hydrogen-bond donors (Lipinski definition) is 1. The first-order chi connectivity index (χ1) is 8.26. The Morgan fingerprint density at radius 2 is 2.06 bits per heavy atom. The second-order valence-electron chi connectivity index (χ2n) is 5.33. The minimum atomic E-state index is -3.50. The SMILES string of the molecule is CC1CC(CN)CN1S(=O)(=O)C1CCS(=O)(=O)C1. The van der Waals surface area contributed by atoms with E-state index < -0.39 is 25.1 Å². The van der Waals surface area contributed by atoms with Gasteiger partial charge in [0.2, 0.25) is 10.0 Å². The zero-order valence-corrected chi connectivity index (χ0v) is 12.1. The van der Waals surface area contributed by atoms with Crippen LogP contribution in [-0.2, 0) is 19.9 Å². The van der Waals surface area contributed by atoms with Gasteiger partial charge in [-0.3, -0.25) is 0 Å². The van der Waals surface area contributed by atoms with E-state index in [-0.39, 0.29) is 29.9 Å². The Hall–Kier alpha value is -0.180. The van der Waals surface area contributed by atoms with Crippen molar-refractivity contribution < 1.29 is 16.8 Å². The number of hydrogen-bond acceptors (Lipinski definition) is 5. The van der Waals surface area contributed by atoms with E-state index in [1.54, 1.807) is 0 Å². The first-order valence-electron chi connectivity index (χ1n) is 6.17. The summed E-state index contributed by atoms with van der Waals surface area (Å²) in [6, 6.07) is -0.0770. The van der Waals surface area contributed by atoms with Gasteiger partial charge in [0.25, 0.3) is 0 Å². The van der Waals surface area contributed by atoms with Gasteiger partial charge in [0.05, 0.1) is 16.8 Å². The Balaban J connectivity index is 2.17. The van der Waals surface area contributed by atoms with Crippen LogP contribution >= 0.6 is 0 Å². The van der Waals surface area contributed by atoms with Crippen molar-refractivity contribution in [1.82, 2.24) is 4.31 Å². The molecule has 0 bridgehead atoms. The number of nitrogens with two attached hydrogens (primary N) is 1. The molecule has 2 heterocycles. The van der Waals surface area contributed by atoms with Crippen LogP contribution in [0.3, 0.4) is 0 Å². The van der Waals surface area contributed by atoms with Gasteiger partial charge < -0.3 is 5.73 Å². The highest BCUT2D eigenvalue weighted by Gasteiger charge is 2.44. The van der Waals surface area contributed by atoms with E-state index in [0.29, 0.717) is 13.1 Å². The van der Waals surface area contributed by atoms with E-state index in [4.69, 9.17) is 5.73 Å². The monoisotopic (exact) mass is 296 g/mol. The molecule has 2 N–H and O–H groups in total. The largest absolute Gasteiger partial charge is 0.330 e. The summed E-state index contributed by atoms with van der Waals surface area (Å²) < 4.78 is 49.1. The van der Waals surface area contributed by atoms with E-state index in [1.165, 1.54) is 4.31 Å². The summed E-state index contributed by atoms with van der Waals surface area (Å²) in [4.78, 5) is 0. The van der Waals surface area contributed by atoms with Crippen LogP contribution in [-0.4, -0.2) is 57.0 Å². The van der Waals surface area contributed by atoms with Crippen LogP contribution in [0.25, 0.3) is 0 Å².